The van der Waals surface area contributed by atoms with E-state index in [9.17, 15) is 13.2 Å². The second kappa shape index (κ2) is 5.99. The molecule has 0 spiro atoms. The van der Waals surface area contributed by atoms with Gasteiger partial charge in [0.2, 0.25) is 5.95 Å². The largest absolute Gasteiger partial charge is 0.384 e. The van der Waals surface area contributed by atoms with Gasteiger partial charge in [-0.2, -0.15) is 4.98 Å². The van der Waals surface area contributed by atoms with Crippen molar-refractivity contribution in [3.05, 3.63) is 35.9 Å². The zero-order chi connectivity index (χ0) is 18.2. The lowest BCUT2D eigenvalue weighted by Crippen LogP contribution is -2.46. The molecule has 2 heterocycles. The van der Waals surface area contributed by atoms with E-state index in [1.165, 1.54) is 0 Å². The first-order valence-electron chi connectivity index (χ1n) is 7.69. The van der Waals surface area contributed by atoms with E-state index >= 15 is 0 Å². The molecule has 5 N–H and O–H groups in total. The van der Waals surface area contributed by atoms with Crippen LogP contribution in [-0.4, -0.2) is 41.3 Å². The van der Waals surface area contributed by atoms with Crippen LogP contribution >= 0.6 is 0 Å². The SMILES string of the molecule is C[C@@]1(NC(=O)c2cccc(-c3cc(N)nc(N)n3)c2)CCS(=O)(=O)C1. The number of hydrogen-bond donors (Lipinski definition) is 3. The third-order valence-corrected chi connectivity index (χ3v) is 6.01. The molecule has 1 aromatic heterocycles. The van der Waals surface area contributed by atoms with Crippen molar-refractivity contribution in [2.24, 2.45) is 0 Å². The van der Waals surface area contributed by atoms with Gasteiger partial charge in [-0.1, -0.05) is 12.1 Å². The second-order valence-corrected chi connectivity index (χ2v) is 8.66. The number of nitrogens with zero attached hydrogens (tertiary/aromatic N) is 2. The summed E-state index contributed by atoms with van der Waals surface area (Å²) in [6.07, 6.45) is 0.403. The molecule has 0 bridgehead atoms. The standard InChI is InChI=1S/C16H19N5O3S/c1-16(5-6-25(23,24)9-16)21-14(22)11-4-2-3-10(7-11)12-8-13(17)20-15(18)19-12/h2-4,7-8H,5-6,9H2,1H3,(H,21,22)(H4,17,18,19,20)/t16-/m1/s1. The molecule has 1 fully saturated rings. The van der Waals surface area contributed by atoms with Crippen LogP contribution < -0.4 is 16.8 Å². The lowest BCUT2D eigenvalue weighted by atomic mass is 10.0. The van der Waals surface area contributed by atoms with Gasteiger partial charge >= 0.3 is 0 Å². The van der Waals surface area contributed by atoms with Gasteiger partial charge in [0.25, 0.3) is 5.91 Å². The van der Waals surface area contributed by atoms with Crippen LogP contribution in [0.15, 0.2) is 30.3 Å². The fourth-order valence-corrected chi connectivity index (χ4v) is 5.00. The molecule has 1 saturated heterocycles. The number of benzene rings is 1. The molecule has 1 aromatic carbocycles. The van der Waals surface area contributed by atoms with Gasteiger partial charge in [0.1, 0.15) is 5.82 Å². The van der Waals surface area contributed by atoms with Gasteiger partial charge in [-0.3, -0.25) is 4.79 Å². The molecule has 0 saturated carbocycles. The third kappa shape index (κ3) is 3.87. The summed E-state index contributed by atoms with van der Waals surface area (Å²) in [7, 11) is -3.10. The molecule has 8 nitrogen and oxygen atoms in total. The lowest BCUT2D eigenvalue weighted by molar-refractivity contribution is 0.0915. The quantitative estimate of drug-likeness (QED) is 0.727. The number of nitrogen functional groups attached to an aromatic ring is 2. The van der Waals surface area contributed by atoms with E-state index in [-0.39, 0.29) is 29.2 Å². The number of carbonyl (C=O) groups is 1. The van der Waals surface area contributed by atoms with Crippen LogP contribution in [0.1, 0.15) is 23.7 Å². The number of nitrogens with two attached hydrogens (primary N) is 2. The monoisotopic (exact) mass is 361 g/mol. The molecule has 3 rings (SSSR count). The number of rotatable bonds is 3. The Morgan fingerprint density at radius 2 is 2.00 bits per heavy atom. The highest BCUT2D eigenvalue weighted by Gasteiger charge is 2.39. The van der Waals surface area contributed by atoms with Crippen LogP contribution in [0.3, 0.4) is 0 Å². The van der Waals surface area contributed by atoms with E-state index in [4.69, 9.17) is 11.5 Å². The van der Waals surface area contributed by atoms with Crippen molar-refractivity contribution in [2.75, 3.05) is 23.0 Å². The molecule has 25 heavy (non-hydrogen) atoms. The third-order valence-electron chi connectivity index (χ3n) is 4.10. The number of sulfone groups is 1. The Kier molecular flexibility index (Phi) is 4.11. The lowest BCUT2D eigenvalue weighted by Gasteiger charge is -2.24. The highest BCUT2D eigenvalue weighted by molar-refractivity contribution is 7.91. The van der Waals surface area contributed by atoms with E-state index in [2.05, 4.69) is 15.3 Å². The van der Waals surface area contributed by atoms with Crippen molar-refractivity contribution >= 4 is 27.5 Å². The van der Waals surface area contributed by atoms with Gasteiger partial charge in [0.15, 0.2) is 9.84 Å². The van der Waals surface area contributed by atoms with E-state index in [0.29, 0.717) is 23.2 Å². The van der Waals surface area contributed by atoms with Crippen molar-refractivity contribution in [1.29, 1.82) is 0 Å². The van der Waals surface area contributed by atoms with Crippen LogP contribution in [0.4, 0.5) is 11.8 Å². The Morgan fingerprint density at radius 3 is 2.64 bits per heavy atom. The maximum absolute atomic E-state index is 12.5. The smallest absolute Gasteiger partial charge is 0.251 e. The van der Waals surface area contributed by atoms with Crippen molar-refractivity contribution in [2.45, 2.75) is 18.9 Å². The zero-order valence-corrected chi connectivity index (χ0v) is 14.5. The summed E-state index contributed by atoms with van der Waals surface area (Å²) >= 11 is 0. The Labute approximate surface area is 145 Å². The molecule has 0 aliphatic carbocycles. The zero-order valence-electron chi connectivity index (χ0n) is 13.7. The highest BCUT2D eigenvalue weighted by atomic mass is 32.2. The molecule has 132 valence electrons. The van der Waals surface area contributed by atoms with Gasteiger partial charge in [-0.15, -0.1) is 0 Å². The molecular weight excluding hydrogens is 342 g/mol. The first kappa shape index (κ1) is 17.2. The van der Waals surface area contributed by atoms with Crippen molar-refractivity contribution in [3.8, 4) is 11.3 Å². The van der Waals surface area contributed by atoms with Crippen LogP contribution in [-0.2, 0) is 9.84 Å². The summed E-state index contributed by atoms with van der Waals surface area (Å²) in [5.74, 6) is -0.0146. The summed E-state index contributed by atoms with van der Waals surface area (Å²) in [6, 6.07) is 8.37. The maximum Gasteiger partial charge on any atom is 0.251 e. The molecular formula is C16H19N5O3S. The molecule has 1 aliphatic heterocycles. The maximum atomic E-state index is 12.5. The number of aromatic nitrogens is 2. The van der Waals surface area contributed by atoms with Crippen LogP contribution in [0.25, 0.3) is 11.3 Å². The Hall–Kier alpha value is -2.68. The fraction of sp³-hybridized carbons (Fsp3) is 0.312. The summed E-state index contributed by atoms with van der Waals surface area (Å²) in [5, 5.41) is 2.83. The van der Waals surface area contributed by atoms with Gasteiger partial charge in [0, 0.05) is 17.2 Å². The second-order valence-electron chi connectivity index (χ2n) is 6.47. The van der Waals surface area contributed by atoms with Gasteiger partial charge in [-0.05, 0) is 25.5 Å². The first-order valence-corrected chi connectivity index (χ1v) is 9.51. The van der Waals surface area contributed by atoms with Crippen molar-refractivity contribution < 1.29 is 13.2 Å². The Morgan fingerprint density at radius 1 is 1.24 bits per heavy atom. The molecule has 1 amide bonds. The number of nitrogens with one attached hydrogen (secondary N) is 1. The Balaban J connectivity index is 1.85. The van der Waals surface area contributed by atoms with Gasteiger partial charge in [-0.25, -0.2) is 13.4 Å². The van der Waals surface area contributed by atoms with Gasteiger partial charge < -0.3 is 16.8 Å². The normalized spacial score (nSPS) is 21.8. The predicted molar refractivity (Wildman–Crippen MR) is 95.4 cm³/mol. The van der Waals surface area contributed by atoms with Gasteiger partial charge in [0.05, 0.1) is 22.7 Å². The number of carbonyl (C=O) groups excluding carboxylic acids is 1. The molecule has 0 radical (unpaired) electrons. The average Bonchev–Trinajstić information content (AvgIpc) is 2.79. The minimum Gasteiger partial charge on any atom is -0.384 e. The summed E-state index contributed by atoms with van der Waals surface area (Å²) in [5.41, 5.74) is 12.1. The van der Waals surface area contributed by atoms with E-state index in [0.717, 1.165) is 0 Å². The van der Waals surface area contributed by atoms with E-state index in [1.54, 1.807) is 37.3 Å². The molecule has 1 aliphatic rings. The minimum absolute atomic E-state index is 0.0496. The summed E-state index contributed by atoms with van der Waals surface area (Å²) in [4.78, 5) is 20.5. The number of hydrogen-bond acceptors (Lipinski definition) is 7. The van der Waals surface area contributed by atoms with Crippen molar-refractivity contribution in [1.82, 2.24) is 15.3 Å². The van der Waals surface area contributed by atoms with E-state index < -0.39 is 15.4 Å². The number of anilines is 2. The topological polar surface area (TPSA) is 141 Å². The molecule has 0 unspecified atom stereocenters. The Bertz CT molecular complexity index is 924. The van der Waals surface area contributed by atoms with Crippen LogP contribution in [0.5, 0.6) is 0 Å². The fourth-order valence-electron chi connectivity index (χ4n) is 2.91. The minimum atomic E-state index is -3.10. The van der Waals surface area contributed by atoms with Crippen molar-refractivity contribution in [3.63, 3.8) is 0 Å². The molecule has 2 aromatic rings. The van der Waals surface area contributed by atoms with Crippen LogP contribution in [0, 0.1) is 0 Å². The predicted octanol–water partition coefficient (Wildman–Crippen LogP) is 0.615. The molecule has 1 atom stereocenters. The number of amides is 1. The first-order chi connectivity index (χ1) is 11.7. The molecule has 9 heteroatoms. The average molecular weight is 361 g/mol. The van der Waals surface area contributed by atoms with Crippen LogP contribution in [0.2, 0.25) is 0 Å². The highest BCUT2D eigenvalue weighted by Crippen LogP contribution is 2.24. The summed E-state index contributed by atoms with van der Waals surface area (Å²) < 4.78 is 23.4. The summed E-state index contributed by atoms with van der Waals surface area (Å²) in [6.45, 7) is 1.74. The van der Waals surface area contributed by atoms with E-state index in [1.807, 2.05) is 0 Å².